The lowest BCUT2D eigenvalue weighted by Crippen LogP contribution is -2.39. The van der Waals surface area contributed by atoms with Crippen LogP contribution in [-0.4, -0.2) is 30.3 Å². The molecule has 110 valence electrons. The van der Waals surface area contributed by atoms with Gasteiger partial charge in [-0.25, -0.2) is 0 Å². The minimum Gasteiger partial charge on any atom is -0.303 e. The Hall–Kier alpha value is -0.670. The molecule has 0 radical (unpaired) electrons. The van der Waals surface area contributed by atoms with Crippen molar-refractivity contribution in [2.24, 2.45) is 5.41 Å². The summed E-state index contributed by atoms with van der Waals surface area (Å²) in [4.78, 5) is 14.6. The molecule has 0 aromatic heterocycles. The van der Waals surface area contributed by atoms with Crippen LogP contribution in [0, 0.1) is 5.41 Å². The van der Waals surface area contributed by atoms with E-state index in [0.717, 1.165) is 29.7 Å². The van der Waals surface area contributed by atoms with E-state index in [1.54, 1.807) is 0 Å². The normalized spacial score (nSPS) is 18.9. The first-order valence-electron chi connectivity index (χ1n) is 7.53. The molecule has 1 fully saturated rings. The SMILES string of the molecule is CCC1(C)CCN(CCC(=O)c2cccc(Br)c2)CC1. The number of rotatable bonds is 5. The van der Waals surface area contributed by atoms with E-state index in [1.165, 1.54) is 19.3 Å². The number of benzene rings is 1. The molecule has 2 nitrogen and oxygen atoms in total. The smallest absolute Gasteiger partial charge is 0.164 e. The van der Waals surface area contributed by atoms with Crippen molar-refractivity contribution in [3.05, 3.63) is 34.3 Å². The molecule has 0 bridgehead atoms. The molecule has 0 aliphatic carbocycles. The number of ketones is 1. The number of hydrogen-bond donors (Lipinski definition) is 0. The number of carbonyl (C=O) groups excluding carboxylic acids is 1. The lowest BCUT2D eigenvalue weighted by molar-refractivity contribution is 0.0902. The predicted molar refractivity (Wildman–Crippen MR) is 87.2 cm³/mol. The maximum absolute atomic E-state index is 12.2. The summed E-state index contributed by atoms with van der Waals surface area (Å²) in [6.07, 6.45) is 4.40. The van der Waals surface area contributed by atoms with E-state index in [2.05, 4.69) is 34.7 Å². The number of carbonyl (C=O) groups is 1. The number of Topliss-reactive ketones (excluding diaryl/α,β-unsaturated/α-hetero) is 1. The zero-order chi connectivity index (χ0) is 14.6. The highest BCUT2D eigenvalue weighted by Crippen LogP contribution is 2.33. The van der Waals surface area contributed by atoms with Gasteiger partial charge in [-0.1, -0.05) is 48.3 Å². The first-order chi connectivity index (χ1) is 9.52. The van der Waals surface area contributed by atoms with Crippen molar-refractivity contribution in [1.29, 1.82) is 0 Å². The summed E-state index contributed by atoms with van der Waals surface area (Å²) in [5.74, 6) is 0.245. The molecule has 1 aromatic carbocycles. The second kappa shape index (κ2) is 6.86. The van der Waals surface area contributed by atoms with E-state index >= 15 is 0 Å². The van der Waals surface area contributed by atoms with Gasteiger partial charge in [-0.3, -0.25) is 4.79 Å². The molecule has 0 amide bonds. The second-order valence-corrected chi connectivity index (χ2v) is 7.11. The van der Waals surface area contributed by atoms with Gasteiger partial charge in [-0.05, 0) is 43.5 Å². The predicted octanol–water partition coefficient (Wildman–Crippen LogP) is 4.53. The van der Waals surface area contributed by atoms with Crippen LogP contribution in [-0.2, 0) is 0 Å². The standard InChI is InChI=1S/C17H24BrNO/c1-3-17(2)8-11-19(12-9-17)10-7-16(20)14-5-4-6-15(18)13-14/h4-6,13H,3,7-12H2,1-2H3. The molecule has 1 aliphatic rings. The van der Waals surface area contributed by atoms with Crippen LogP contribution in [0.4, 0.5) is 0 Å². The van der Waals surface area contributed by atoms with Crippen LogP contribution in [0.1, 0.15) is 49.9 Å². The summed E-state index contributed by atoms with van der Waals surface area (Å²) < 4.78 is 0.972. The van der Waals surface area contributed by atoms with Crippen molar-refractivity contribution in [3.63, 3.8) is 0 Å². The Morgan fingerprint density at radius 2 is 2.05 bits per heavy atom. The van der Waals surface area contributed by atoms with E-state index in [1.807, 2.05) is 24.3 Å². The summed E-state index contributed by atoms with van der Waals surface area (Å²) in [6, 6.07) is 7.68. The quantitative estimate of drug-likeness (QED) is 0.735. The second-order valence-electron chi connectivity index (χ2n) is 6.19. The third-order valence-corrected chi connectivity index (χ3v) is 5.21. The van der Waals surface area contributed by atoms with Gasteiger partial charge in [0, 0.05) is 23.0 Å². The van der Waals surface area contributed by atoms with Gasteiger partial charge >= 0.3 is 0 Å². The highest BCUT2D eigenvalue weighted by atomic mass is 79.9. The monoisotopic (exact) mass is 337 g/mol. The van der Waals surface area contributed by atoms with Gasteiger partial charge in [0.2, 0.25) is 0 Å². The van der Waals surface area contributed by atoms with Crippen LogP contribution < -0.4 is 0 Å². The molecule has 0 spiro atoms. The molecular formula is C17H24BrNO. The molecular weight excluding hydrogens is 314 g/mol. The van der Waals surface area contributed by atoms with Gasteiger partial charge in [0.1, 0.15) is 0 Å². The molecule has 3 heteroatoms. The van der Waals surface area contributed by atoms with Crippen LogP contribution in [0.15, 0.2) is 28.7 Å². The van der Waals surface area contributed by atoms with E-state index in [9.17, 15) is 4.79 Å². The molecule has 0 atom stereocenters. The highest BCUT2D eigenvalue weighted by Gasteiger charge is 2.28. The van der Waals surface area contributed by atoms with E-state index in [-0.39, 0.29) is 5.78 Å². The zero-order valence-corrected chi connectivity index (χ0v) is 14.1. The third-order valence-electron chi connectivity index (χ3n) is 4.72. The summed E-state index contributed by atoms with van der Waals surface area (Å²) in [6.45, 7) is 7.83. The van der Waals surface area contributed by atoms with Crippen LogP contribution in [0.5, 0.6) is 0 Å². The number of halogens is 1. The van der Waals surface area contributed by atoms with Gasteiger partial charge in [-0.15, -0.1) is 0 Å². The molecule has 1 aromatic rings. The maximum atomic E-state index is 12.2. The molecule has 0 N–H and O–H groups in total. The summed E-state index contributed by atoms with van der Waals surface area (Å²) in [5.41, 5.74) is 1.33. The maximum Gasteiger partial charge on any atom is 0.164 e. The topological polar surface area (TPSA) is 20.3 Å². The van der Waals surface area contributed by atoms with Crippen LogP contribution >= 0.6 is 15.9 Å². The average Bonchev–Trinajstić information content (AvgIpc) is 2.46. The molecule has 1 aliphatic heterocycles. The van der Waals surface area contributed by atoms with Crippen LogP contribution in [0.25, 0.3) is 0 Å². The van der Waals surface area contributed by atoms with Crippen LogP contribution in [0.3, 0.4) is 0 Å². The Morgan fingerprint density at radius 3 is 2.65 bits per heavy atom. The average molecular weight is 338 g/mol. The molecule has 1 heterocycles. The number of nitrogens with zero attached hydrogens (tertiary/aromatic N) is 1. The van der Waals surface area contributed by atoms with Gasteiger partial charge in [0.05, 0.1) is 0 Å². The third kappa shape index (κ3) is 4.16. The number of hydrogen-bond acceptors (Lipinski definition) is 2. The first kappa shape index (κ1) is 15.7. The largest absolute Gasteiger partial charge is 0.303 e. The fourth-order valence-corrected chi connectivity index (χ4v) is 3.14. The Kier molecular flexibility index (Phi) is 5.39. The fraction of sp³-hybridized carbons (Fsp3) is 0.588. The van der Waals surface area contributed by atoms with Crippen molar-refractivity contribution < 1.29 is 4.79 Å². The van der Waals surface area contributed by atoms with E-state index in [4.69, 9.17) is 0 Å². The van der Waals surface area contributed by atoms with Crippen molar-refractivity contribution in [2.75, 3.05) is 19.6 Å². The fourth-order valence-electron chi connectivity index (χ4n) is 2.74. The van der Waals surface area contributed by atoms with Crippen molar-refractivity contribution >= 4 is 21.7 Å². The van der Waals surface area contributed by atoms with Gasteiger partial charge in [-0.2, -0.15) is 0 Å². The van der Waals surface area contributed by atoms with E-state index in [0.29, 0.717) is 11.8 Å². The Morgan fingerprint density at radius 1 is 1.35 bits per heavy atom. The molecule has 0 saturated carbocycles. The van der Waals surface area contributed by atoms with Gasteiger partial charge < -0.3 is 4.90 Å². The lowest BCUT2D eigenvalue weighted by atomic mass is 9.78. The molecule has 2 rings (SSSR count). The summed E-state index contributed by atoms with van der Waals surface area (Å²) >= 11 is 3.42. The molecule has 20 heavy (non-hydrogen) atoms. The minimum absolute atomic E-state index is 0.245. The highest BCUT2D eigenvalue weighted by molar-refractivity contribution is 9.10. The van der Waals surface area contributed by atoms with Gasteiger partial charge in [0.15, 0.2) is 5.78 Å². The van der Waals surface area contributed by atoms with Crippen molar-refractivity contribution in [2.45, 2.75) is 39.5 Å². The first-order valence-corrected chi connectivity index (χ1v) is 8.33. The summed E-state index contributed by atoms with van der Waals surface area (Å²) in [7, 11) is 0. The van der Waals surface area contributed by atoms with Crippen molar-refractivity contribution in [3.8, 4) is 0 Å². The molecule has 1 saturated heterocycles. The minimum atomic E-state index is 0.245. The summed E-state index contributed by atoms with van der Waals surface area (Å²) in [5, 5.41) is 0. The number of piperidine rings is 1. The molecule has 0 unspecified atom stereocenters. The van der Waals surface area contributed by atoms with Crippen molar-refractivity contribution in [1.82, 2.24) is 4.90 Å². The Labute approximate surface area is 130 Å². The number of likely N-dealkylation sites (tertiary alicyclic amines) is 1. The Bertz CT molecular complexity index is 464. The Balaban J connectivity index is 1.80. The lowest BCUT2D eigenvalue weighted by Gasteiger charge is -2.38. The van der Waals surface area contributed by atoms with Crippen LogP contribution in [0.2, 0.25) is 0 Å². The van der Waals surface area contributed by atoms with Gasteiger partial charge in [0.25, 0.3) is 0 Å². The van der Waals surface area contributed by atoms with E-state index < -0.39 is 0 Å². The zero-order valence-electron chi connectivity index (χ0n) is 12.5.